The zero-order valence-electron chi connectivity index (χ0n) is 12.3. The van der Waals surface area contributed by atoms with Crippen LogP contribution in [0.25, 0.3) is 0 Å². The van der Waals surface area contributed by atoms with Gasteiger partial charge in [-0.25, -0.2) is 0 Å². The van der Waals surface area contributed by atoms with Crippen LogP contribution < -0.4 is 0 Å². The van der Waals surface area contributed by atoms with Crippen molar-refractivity contribution in [2.75, 3.05) is 0 Å². The fourth-order valence-electron chi connectivity index (χ4n) is 2.25. The molecule has 1 aliphatic rings. The van der Waals surface area contributed by atoms with E-state index in [1.807, 2.05) is 0 Å². The van der Waals surface area contributed by atoms with Crippen molar-refractivity contribution < 1.29 is 4.74 Å². The van der Waals surface area contributed by atoms with Crippen LogP contribution in [0.15, 0.2) is 0 Å². The molecule has 0 aromatic carbocycles. The van der Waals surface area contributed by atoms with Crippen molar-refractivity contribution in [2.24, 2.45) is 5.92 Å². The zero-order valence-corrected chi connectivity index (χ0v) is 13.3. The van der Waals surface area contributed by atoms with Gasteiger partial charge in [0.15, 0.2) is 0 Å². The zero-order chi connectivity index (χ0) is 12.6. The van der Waals surface area contributed by atoms with Crippen LogP contribution in [-0.4, -0.2) is 20.3 Å². The van der Waals surface area contributed by atoms with E-state index < -0.39 is 8.07 Å². The third-order valence-electron chi connectivity index (χ3n) is 4.65. The summed E-state index contributed by atoms with van der Waals surface area (Å²) >= 11 is 0. The Balaban J connectivity index is 2.51. The molecule has 0 radical (unpaired) electrons. The number of ether oxygens (including phenoxy) is 1. The Hall–Kier alpha value is 0.177. The largest absolute Gasteiger partial charge is 0.375 e. The normalized spacial score (nSPS) is 27.8. The van der Waals surface area contributed by atoms with E-state index in [-0.39, 0.29) is 0 Å². The van der Waals surface area contributed by atoms with Crippen LogP contribution in [0.1, 0.15) is 47.5 Å². The lowest BCUT2D eigenvalue weighted by atomic mass is 10.0. The quantitative estimate of drug-likeness (QED) is 0.652. The topological polar surface area (TPSA) is 9.23 Å². The lowest BCUT2D eigenvalue weighted by Gasteiger charge is -2.38. The van der Waals surface area contributed by atoms with Gasteiger partial charge in [0.05, 0.1) is 20.3 Å². The van der Waals surface area contributed by atoms with Gasteiger partial charge in [0.1, 0.15) is 0 Å². The minimum absolute atomic E-state index is 0.492. The first-order valence-electron chi connectivity index (χ1n) is 6.79. The molecule has 0 aliphatic carbocycles. The molecule has 2 heteroatoms. The van der Waals surface area contributed by atoms with Gasteiger partial charge >= 0.3 is 0 Å². The molecule has 1 saturated heterocycles. The van der Waals surface area contributed by atoms with Crippen LogP contribution in [0, 0.1) is 5.92 Å². The van der Waals surface area contributed by atoms with Gasteiger partial charge in [-0.3, -0.25) is 0 Å². The van der Waals surface area contributed by atoms with E-state index in [1.165, 1.54) is 18.9 Å². The second kappa shape index (κ2) is 4.81. The van der Waals surface area contributed by atoms with E-state index in [9.17, 15) is 0 Å². The monoisotopic (exact) mass is 242 g/mol. The maximum absolute atomic E-state index is 6.19. The first-order valence-corrected chi connectivity index (χ1v) is 9.99. The smallest absolute Gasteiger partial charge is 0.0602 e. The molecule has 0 amide bonds. The summed E-state index contributed by atoms with van der Waals surface area (Å²) in [6.07, 6.45) is 3.63. The summed E-state index contributed by atoms with van der Waals surface area (Å²) in [5.41, 5.74) is 0. The first kappa shape index (κ1) is 14.2. The first-order chi connectivity index (χ1) is 7.13. The molecule has 0 saturated carbocycles. The predicted octanol–water partition coefficient (Wildman–Crippen LogP) is 4.70. The number of hydrogen-bond acceptors (Lipinski definition) is 1. The second-order valence-corrected chi connectivity index (χ2v) is 13.1. The molecule has 0 aromatic rings. The standard InChI is InChI=1S/C14H30OSi/c1-11(2)13-9-8-12(15-13)10-16(6,7)14(3,4)5/h11-13H,8-10H2,1-7H3. The number of hydrogen-bond donors (Lipinski definition) is 0. The van der Waals surface area contributed by atoms with Crippen molar-refractivity contribution in [3.8, 4) is 0 Å². The van der Waals surface area contributed by atoms with Crippen LogP contribution in [0.3, 0.4) is 0 Å². The van der Waals surface area contributed by atoms with Crippen molar-refractivity contribution >= 4 is 8.07 Å². The van der Waals surface area contributed by atoms with E-state index in [2.05, 4.69) is 47.7 Å². The maximum atomic E-state index is 6.19. The Labute approximate surface area is 103 Å². The summed E-state index contributed by atoms with van der Waals surface area (Å²) in [5.74, 6) is 0.685. The molecule has 1 nitrogen and oxygen atoms in total. The Morgan fingerprint density at radius 3 is 2.12 bits per heavy atom. The summed E-state index contributed by atoms with van der Waals surface area (Å²) in [5, 5.41) is 0.492. The molecule has 1 rings (SSSR count). The van der Waals surface area contributed by atoms with Crippen molar-refractivity contribution in [3.05, 3.63) is 0 Å². The van der Waals surface area contributed by atoms with E-state index in [0.717, 1.165) is 0 Å². The molecule has 96 valence electrons. The molecule has 16 heavy (non-hydrogen) atoms. The SMILES string of the molecule is CC(C)C1CCC(C[Si](C)(C)C(C)(C)C)O1. The molecule has 2 unspecified atom stereocenters. The Kier molecular flexibility index (Phi) is 4.28. The van der Waals surface area contributed by atoms with Crippen LogP contribution in [0.5, 0.6) is 0 Å². The lowest BCUT2D eigenvalue weighted by Crippen LogP contribution is -2.40. The van der Waals surface area contributed by atoms with Gasteiger partial charge in [0.2, 0.25) is 0 Å². The maximum Gasteiger partial charge on any atom is 0.0602 e. The molecule has 0 aromatic heterocycles. The van der Waals surface area contributed by atoms with Gasteiger partial charge in [-0.2, -0.15) is 0 Å². The summed E-state index contributed by atoms with van der Waals surface area (Å²) in [6.45, 7) is 16.8. The minimum atomic E-state index is -1.16. The molecule has 2 atom stereocenters. The van der Waals surface area contributed by atoms with Crippen LogP contribution in [0.4, 0.5) is 0 Å². The van der Waals surface area contributed by atoms with Gasteiger partial charge in [0, 0.05) is 0 Å². The Morgan fingerprint density at radius 1 is 1.19 bits per heavy atom. The third kappa shape index (κ3) is 3.33. The Bertz CT molecular complexity index is 227. The van der Waals surface area contributed by atoms with Gasteiger partial charge in [-0.1, -0.05) is 47.7 Å². The summed E-state index contributed by atoms with van der Waals surface area (Å²) in [6, 6.07) is 1.33. The van der Waals surface area contributed by atoms with Crippen molar-refractivity contribution in [1.82, 2.24) is 0 Å². The van der Waals surface area contributed by atoms with Crippen LogP contribution in [0.2, 0.25) is 24.2 Å². The highest BCUT2D eigenvalue weighted by Gasteiger charge is 2.39. The molecule has 1 fully saturated rings. The summed E-state index contributed by atoms with van der Waals surface area (Å²) in [7, 11) is -1.16. The highest BCUT2D eigenvalue weighted by atomic mass is 28.3. The fraction of sp³-hybridized carbons (Fsp3) is 1.00. The van der Waals surface area contributed by atoms with Gasteiger partial charge in [0.25, 0.3) is 0 Å². The van der Waals surface area contributed by atoms with Crippen molar-refractivity contribution in [1.29, 1.82) is 0 Å². The highest BCUT2D eigenvalue weighted by molar-refractivity contribution is 6.80. The predicted molar refractivity (Wildman–Crippen MR) is 74.7 cm³/mol. The summed E-state index contributed by atoms with van der Waals surface area (Å²) in [4.78, 5) is 0. The van der Waals surface area contributed by atoms with Crippen molar-refractivity contribution in [2.45, 2.75) is 83.8 Å². The van der Waals surface area contributed by atoms with E-state index >= 15 is 0 Å². The average molecular weight is 242 g/mol. The van der Waals surface area contributed by atoms with E-state index in [4.69, 9.17) is 4.74 Å². The minimum Gasteiger partial charge on any atom is -0.375 e. The molecule has 0 N–H and O–H groups in total. The van der Waals surface area contributed by atoms with Gasteiger partial charge < -0.3 is 4.74 Å². The number of rotatable bonds is 3. The van der Waals surface area contributed by atoms with Crippen LogP contribution in [-0.2, 0) is 4.74 Å². The average Bonchev–Trinajstić information content (AvgIpc) is 2.49. The molecular formula is C14H30OSi. The molecule has 0 bridgehead atoms. The molecular weight excluding hydrogens is 212 g/mol. The lowest BCUT2D eigenvalue weighted by molar-refractivity contribution is 0.0279. The van der Waals surface area contributed by atoms with Gasteiger partial charge in [-0.05, 0) is 29.8 Å². The van der Waals surface area contributed by atoms with E-state index in [1.54, 1.807) is 0 Å². The fourth-order valence-corrected chi connectivity index (χ4v) is 4.30. The van der Waals surface area contributed by atoms with Gasteiger partial charge in [-0.15, -0.1) is 0 Å². The Morgan fingerprint density at radius 2 is 1.75 bits per heavy atom. The van der Waals surface area contributed by atoms with Crippen molar-refractivity contribution in [3.63, 3.8) is 0 Å². The van der Waals surface area contributed by atoms with Crippen LogP contribution >= 0.6 is 0 Å². The third-order valence-corrected chi connectivity index (χ3v) is 10.2. The highest BCUT2D eigenvalue weighted by Crippen LogP contribution is 2.42. The summed E-state index contributed by atoms with van der Waals surface area (Å²) < 4.78 is 6.19. The molecule has 1 heterocycles. The second-order valence-electron chi connectivity index (χ2n) is 7.46. The molecule has 1 aliphatic heterocycles. The van der Waals surface area contributed by atoms with E-state index in [0.29, 0.717) is 23.2 Å². The molecule has 0 spiro atoms.